The van der Waals surface area contributed by atoms with E-state index in [4.69, 9.17) is 27.8 Å². The molecule has 1 aliphatic rings. The highest BCUT2D eigenvalue weighted by atomic mass is 32.1. The summed E-state index contributed by atoms with van der Waals surface area (Å²) in [7, 11) is 0. The minimum absolute atomic E-state index is 0.0563. The molecule has 1 heterocycles. The van der Waals surface area contributed by atoms with E-state index in [1.165, 1.54) is 0 Å². The molecule has 4 nitrogen and oxygen atoms in total. The third-order valence-corrected chi connectivity index (χ3v) is 2.96. The summed E-state index contributed by atoms with van der Waals surface area (Å²) in [5, 5.41) is 9.04. The Labute approximate surface area is 96.4 Å². The molecule has 88 valence electrons. The van der Waals surface area contributed by atoms with E-state index in [0.29, 0.717) is 17.6 Å². The Morgan fingerprint density at radius 2 is 2.47 bits per heavy atom. The zero-order valence-electron chi connectivity index (χ0n) is 9.19. The first-order chi connectivity index (χ1) is 7.17. The summed E-state index contributed by atoms with van der Waals surface area (Å²) in [6.45, 7) is 4.57. The molecule has 5 heteroatoms. The number of aliphatic hydroxyl groups is 1. The average molecular weight is 232 g/mol. The number of hydrogen-bond donors (Lipinski definition) is 2. The molecule has 0 spiro atoms. The van der Waals surface area contributed by atoms with Gasteiger partial charge in [-0.2, -0.15) is 0 Å². The Hall–Kier alpha value is -0.230. The van der Waals surface area contributed by atoms with Gasteiger partial charge in [0.25, 0.3) is 0 Å². The Bertz CT molecular complexity index is 214. The van der Waals surface area contributed by atoms with Crippen molar-refractivity contribution in [2.45, 2.75) is 31.9 Å². The number of rotatable bonds is 5. The Balaban J connectivity index is 2.47. The number of ether oxygens (including phenoxy) is 1. The Kier molecular flexibility index (Phi) is 5.45. The Morgan fingerprint density at radius 3 is 3.00 bits per heavy atom. The van der Waals surface area contributed by atoms with Crippen LogP contribution in [0.15, 0.2) is 0 Å². The van der Waals surface area contributed by atoms with Crippen LogP contribution in [0.1, 0.15) is 19.8 Å². The molecular weight excluding hydrogens is 212 g/mol. The quantitative estimate of drug-likeness (QED) is 0.660. The van der Waals surface area contributed by atoms with Crippen LogP contribution in [0.4, 0.5) is 0 Å². The predicted octanol–water partition coefficient (Wildman–Crippen LogP) is 0.134. The lowest BCUT2D eigenvalue weighted by Crippen LogP contribution is -2.49. The van der Waals surface area contributed by atoms with Crippen molar-refractivity contribution in [1.29, 1.82) is 0 Å². The molecule has 15 heavy (non-hydrogen) atoms. The van der Waals surface area contributed by atoms with Gasteiger partial charge in [-0.3, -0.25) is 4.90 Å². The average Bonchev–Trinajstić information content (AvgIpc) is 2.25. The molecule has 1 saturated heterocycles. The summed E-state index contributed by atoms with van der Waals surface area (Å²) in [6, 6.07) is 0.389. The van der Waals surface area contributed by atoms with Crippen LogP contribution in [-0.2, 0) is 4.74 Å². The molecule has 2 unspecified atom stereocenters. The van der Waals surface area contributed by atoms with Gasteiger partial charge in [0, 0.05) is 25.6 Å². The van der Waals surface area contributed by atoms with E-state index in [2.05, 4.69) is 11.8 Å². The van der Waals surface area contributed by atoms with Crippen molar-refractivity contribution < 1.29 is 9.84 Å². The van der Waals surface area contributed by atoms with Crippen LogP contribution in [-0.4, -0.2) is 53.4 Å². The van der Waals surface area contributed by atoms with Gasteiger partial charge in [0.2, 0.25) is 0 Å². The molecule has 0 amide bonds. The predicted molar refractivity (Wildman–Crippen MR) is 63.9 cm³/mol. The largest absolute Gasteiger partial charge is 0.394 e. The lowest BCUT2D eigenvalue weighted by atomic mass is 10.1. The highest BCUT2D eigenvalue weighted by molar-refractivity contribution is 7.80. The smallest absolute Gasteiger partial charge is 0.0932 e. The topological polar surface area (TPSA) is 58.7 Å². The first kappa shape index (κ1) is 12.8. The zero-order chi connectivity index (χ0) is 11.3. The molecule has 1 rings (SSSR count). The molecule has 0 aromatic carbocycles. The summed E-state index contributed by atoms with van der Waals surface area (Å²) in [4.78, 5) is 2.87. The maximum atomic E-state index is 9.04. The van der Waals surface area contributed by atoms with Crippen molar-refractivity contribution in [3.05, 3.63) is 0 Å². The van der Waals surface area contributed by atoms with E-state index in [9.17, 15) is 0 Å². The van der Waals surface area contributed by atoms with E-state index in [1.807, 2.05) is 0 Å². The first-order valence-electron chi connectivity index (χ1n) is 5.42. The fraction of sp³-hybridized carbons (Fsp3) is 0.900. The normalized spacial score (nSPS) is 25.1. The van der Waals surface area contributed by atoms with Gasteiger partial charge >= 0.3 is 0 Å². The first-order valence-corrected chi connectivity index (χ1v) is 5.83. The molecular formula is C10H20N2O2S. The lowest BCUT2D eigenvalue weighted by Gasteiger charge is -2.37. The molecule has 0 aromatic heterocycles. The van der Waals surface area contributed by atoms with Crippen LogP contribution in [0.5, 0.6) is 0 Å². The lowest BCUT2D eigenvalue weighted by molar-refractivity contribution is -0.0643. The van der Waals surface area contributed by atoms with E-state index in [-0.39, 0.29) is 12.7 Å². The van der Waals surface area contributed by atoms with Crippen LogP contribution in [0.3, 0.4) is 0 Å². The molecule has 1 aliphatic heterocycles. The van der Waals surface area contributed by atoms with Gasteiger partial charge in [0.15, 0.2) is 0 Å². The van der Waals surface area contributed by atoms with E-state index < -0.39 is 0 Å². The minimum atomic E-state index is -0.0563. The van der Waals surface area contributed by atoms with Crippen molar-refractivity contribution in [3.8, 4) is 0 Å². The van der Waals surface area contributed by atoms with Gasteiger partial charge in [-0.25, -0.2) is 0 Å². The van der Waals surface area contributed by atoms with E-state index in [1.54, 1.807) is 0 Å². The summed E-state index contributed by atoms with van der Waals surface area (Å²) >= 11 is 4.94. The molecule has 0 aliphatic carbocycles. The van der Waals surface area contributed by atoms with Gasteiger partial charge in [0.05, 0.1) is 24.3 Å². The highest BCUT2D eigenvalue weighted by Gasteiger charge is 2.25. The van der Waals surface area contributed by atoms with Crippen LogP contribution in [0.25, 0.3) is 0 Å². The summed E-state index contributed by atoms with van der Waals surface area (Å²) in [5.41, 5.74) is 5.57. The van der Waals surface area contributed by atoms with Gasteiger partial charge in [-0.1, -0.05) is 19.1 Å². The monoisotopic (exact) mass is 232 g/mol. The third-order valence-electron chi connectivity index (χ3n) is 2.80. The van der Waals surface area contributed by atoms with Gasteiger partial charge in [-0.15, -0.1) is 0 Å². The molecule has 1 fully saturated rings. The van der Waals surface area contributed by atoms with Gasteiger partial charge in [0.1, 0.15) is 0 Å². The third kappa shape index (κ3) is 4.03. The minimum Gasteiger partial charge on any atom is -0.394 e. The Morgan fingerprint density at radius 1 is 1.73 bits per heavy atom. The summed E-state index contributed by atoms with van der Waals surface area (Å²) in [5.74, 6) is 0. The van der Waals surface area contributed by atoms with Gasteiger partial charge in [-0.05, 0) is 6.42 Å². The zero-order valence-corrected chi connectivity index (χ0v) is 10.0. The highest BCUT2D eigenvalue weighted by Crippen LogP contribution is 2.14. The van der Waals surface area contributed by atoms with Crippen molar-refractivity contribution in [2.24, 2.45) is 5.73 Å². The molecule has 2 atom stereocenters. The maximum Gasteiger partial charge on any atom is 0.0932 e. The number of nitrogens with two attached hydrogens (primary N) is 1. The number of morpholine rings is 1. The molecule has 3 N–H and O–H groups in total. The SMILES string of the molecule is CCC(CC(N)=S)N1CCOC(CO)C1. The van der Waals surface area contributed by atoms with Crippen LogP contribution in [0, 0.1) is 0 Å². The number of hydrogen-bond acceptors (Lipinski definition) is 4. The standard InChI is InChI=1S/C10H20N2O2S/c1-2-8(5-10(11)15)12-3-4-14-9(6-12)7-13/h8-9,13H,2-7H2,1H3,(H2,11,15). The van der Waals surface area contributed by atoms with Crippen LogP contribution >= 0.6 is 12.2 Å². The summed E-state index contributed by atoms with van der Waals surface area (Å²) in [6.07, 6.45) is 1.72. The number of nitrogens with zero attached hydrogens (tertiary/aromatic N) is 1. The second kappa shape index (κ2) is 6.37. The number of aliphatic hydroxyl groups excluding tert-OH is 1. The fourth-order valence-electron chi connectivity index (χ4n) is 1.95. The van der Waals surface area contributed by atoms with Crippen LogP contribution in [0.2, 0.25) is 0 Å². The molecule has 0 saturated carbocycles. The van der Waals surface area contributed by atoms with Crippen molar-refractivity contribution in [3.63, 3.8) is 0 Å². The van der Waals surface area contributed by atoms with E-state index in [0.717, 1.165) is 25.9 Å². The second-order valence-electron chi connectivity index (χ2n) is 3.90. The maximum absolute atomic E-state index is 9.04. The molecule has 0 bridgehead atoms. The second-order valence-corrected chi connectivity index (χ2v) is 4.43. The summed E-state index contributed by atoms with van der Waals surface area (Å²) < 4.78 is 5.40. The number of thiocarbonyl (C=S) groups is 1. The van der Waals surface area contributed by atoms with Crippen molar-refractivity contribution in [1.82, 2.24) is 4.90 Å². The van der Waals surface area contributed by atoms with E-state index >= 15 is 0 Å². The molecule has 0 radical (unpaired) electrons. The van der Waals surface area contributed by atoms with Gasteiger partial charge < -0.3 is 15.6 Å². The van der Waals surface area contributed by atoms with Crippen LogP contribution < -0.4 is 5.73 Å². The fourth-order valence-corrected chi connectivity index (χ4v) is 2.14. The van der Waals surface area contributed by atoms with Crippen molar-refractivity contribution in [2.75, 3.05) is 26.3 Å². The van der Waals surface area contributed by atoms with Crippen molar-refractivity contribution >= 4 is 17.2 Å². The molecule has 0 aromatic rings.